The van der Waals surface area contributed by atoms with Crippen LogP contribution >= 0.6 is 23.1 Å². The third-order valence-electron chi connectivity index (χ3n) is 5.09. The van der Waals surface area contributed by atoms with Crippen molar-refractivity contribution in [3.8, 4) is 5.69 Å². The van der Waals surface area contributed by atoms with Crippen molar-refractivity contribution in [2.24, 2.45) is 0 Å². The number of amides is 1. The monoisotopic (exact) mass is 463 g/mol. The minimum Gasteiger partial charge on any atom is -0.325 e. The minimum absolute atomic E-state index is 0.0298. The fourth-order valence-corrected chi connectivity index (χ4v) is 5.18. The molecule has 6 nitrogen and oxygen atoms in total. The number of benzene rings is 2. The lowest BCUT2D eigenvalue weighted by atomic mass is 10.1. The molecule has 2 aromatic heterocycles. The number of carbonyl (C=O) groups excluding carboxylic acids is 2. The summed E-state index contributed by atoms with van der Waals surface area (Å²) >= 11 is 2.70. The SMILES string of the molecule is CC(=O)c1ccc(NC(=O)CSc2nc3sc(C)c(C)c3c(=O)n2-c2ccccc2)cc1. The number of rotatable bonds is 6. The van der Waals surface area contributed by atoms with Gasteiger partial charge in [0.25, 0.3) is 5.56 Å². The number of anilines is 1. The molecular formula is C24H21N3O3S2. The number of nitrogens with zero attached hydrogens (tertiary/aromatic N) is 2. The number of aromatic nitrogens is 2. The van der Waals surface area contributed by atoms with Crippen molar-refractivity contribution < 1.29 is 9.59 Å². The van der Waals surface area contributed by atoms with Crippen LogP contribution in [0.4, 0.5) is 5.69 Å². The van der Waals surface area contributed by atoms with E-state index in [1.165, 1.54) is 30.0 Å². The zero-order valence-corrected chi connectivity index (χ0v) is 19.5. The topological polar surface area (TPSA) is 81.1 Å². The van der Waals surface area contributed by atoms with Crippen LogP contribution in [0.15, 0.2) is 64.5 Å². The third-order valence-corrected chi connectivity index (χ3v) is 7.13. The van der Waals surface area contributed by atoms with E-state index in [2.05, 4.69) is 5.32 Å². The molecule has 0 atom stereocenters. The summed E-state index contributed by atoms with van der Waals surface area (Å²) in [5.74, 6) is -0.168. The van der Waals surface area contributed by atoms with E-state index in [0.717, 1.165) is 10.4 Å². The van der Waals surface area contributed by atoms with Crippen LogP contribution in [-0.4, -0.2) is 27.0 Å². The van der Waals surface area contributed by atoms with Crippen molar-refractivity contribution in [2.75, 3.05) is 11.1 Å². The summed E-state index contributed by atoms with van der Waals surface area (Å²) in [4.78, 5) is 43.8. The molecule has 2 aromatic carbocycles. The number of ketones is 1. The van der Waals surface area contributed by atoms with Gasteiger partial charge in [-0.15, -0.1) is 11.3 Å². The molecule has 2 heterocycles. The highest BCUT2D eigenvalue weighted by Crippen LogP contribution is 2.29. The molecule has 1 N–H and O–H groups in total. The van der Waals surface area contributed by atoms with Gasteiger partial charge in [-0.1, -0.05) is 30.0 Å². The Morgan fingerprint density at radius 1 is 1.06 bits per heavy atom. The number of hydrogen-bond acceptors (Lipinski definition) is 6. The number of hydrogen-bond donors (Lipinski definition) is 1. The fourth-order valence-electron chi connectivity index (χ4n) is 3.29. The highest BCUT2D eigenvalue weighted by Gasteiger charge is 2.18. The maximum atomic E-state index is 13.4. The Bertz CT molecular complexity index is 1370. The molecule has 0 aliphatic carbocycles. The summed E-state index contributed by atoms with van der Waals surface area (Å²) in [5, 5.41) is 3.91. The lowest BCUT2D eigenvalue weighted by Crippen LogP contribution is -2.22. The van der Waals surface area contributed by atoms with Gasteiger partial charge >= 0.3 is 0 Å². The molecule has 0 radical (unpaired) electrons. The van der Waals surface area contributed by atoms with Gasteiger partial charge in [-0.3, -0.25) is 19.0 Å². The highest BCUT2D eigenvalue weighted by molar-refractivity contribution is 7.99. The van der Waals surface area contributed by atoms with Gasteiger partial charge in [0.1, 0.15) is 4.83 Å². The first-order valence-corrected chi connectivity index (χ1v) is 11.8. The Morgan fingerprint density at radius 3 is 2.41 bits per heavy atom. The van der Waals surface area contributed by atoms with E-state index >= 15 is 0 Å². The van der Waals surface area contributed by atoms with E-state index in [4.69, 9.17) is 4.98 Å². The molecule has 0 fully saturated rings. The summed E-state index contributed by atoms with van der Waals surface area (Å²) in [7, 11) is 0. The predicted octanol–water partition coefficient (Wildman–Crippen LogP) is 5.00. The van der Waals surface area contributed by atoms with Crippen molar-refractivity contribution >= 4 is 50.7 Å². The summed E-state index contributed by atoms with van der Waals surface area (Å²) in [6.45, 7) is 5.41. The second kappa shape index (κ2) is 9.10. The lowest BCUT2D eigenvalue weighted by molar-refractivity contribution is -0.113. The average molecular weight is 464 g/mol. The van der Waals surface area contributed by atoms with Gasteiger partial charge in [-0.05, 0) is 62.7 Å². The first-order chi connectivity index (χ1) is 15.3. The first-order valence-electron chi connectivity index (χ1n) is 9.97. The molecule has 162 valence electrons. The second-order valence-electron chi connectivity index (χ2n) is 7.30. The Kier molecular flexibility index (Phi) is 6.25. The molecule has 4 aromatic rings. The van der Waals surface area contributed by atoms with E-state index in [1.807, 2.05) is 44.2 Å². The minimum atomic E-state index is -0.224. The van der Waals surface area contributed by atoms with E-state index in [9.17, 15) is 14.4 Å². The van der Waals surface area contributed by atoms with E-state index in [1.54, 1.807) is 28.8 Å². The van der Waals surface area contributed by atoms with Crippen molar-refractivity contribution in [1.29, 1.82) is 0 Å². The predicted molar refractivity (Wildman–Crippen MR) is 130 cm³/mol. The zero-order chi connectivity index (χ0) is 22.8. The number of aryl methyl sites for hydroxylation is 2. The van der Waals surface area contributed by atoms with Crippen LogP contribution in [0.1, 0.15) is 27.7 Å². The molecule has 0 aliphatic heterocycles. The normalized spacial score (nSPS) is 11.0. The molecule has 8 heteroatoms. The van der Waals surface area contributed by atoms with Gasteiger partial charge in [0.2, 0.25) is 5.91 Å². The quantitative estimate of drug-likeness (QED) is 0.247. The molecule has 32 heavy (non-hydrogen) atoms. The molecule has 0 unspecified atom stereocenters. The van der Waals surface area contributed by atoms with Crippen LogP contribution in [0.5, 0.6) is 0 Å². The molecule has 0 spiro atoms. The number of para-hydroxylation sites is 1. The lowest BCUT2D eigenvalue weighted by Gasteiger charge is -2.12. The summed E-state index contributed by atoms with van der Waals surface area (Å²) in [6.07, 6.45) is 0. The molecular weight excluding hydrogens is 442 g/mol. The number of carbonyl (C=O) groups is 2. The Hall–Kier alpha value is -3.23. The van der Waals surface area contributed by atoms with Gasteiger partial charge in [0.05, 0.1) is 16.8 Å². The fraction of sp³-hybridized carbons (Fsp3) is 0.167. The molecule has 4 rings (SSSR count). The van der Waals surface area contributed by atoms with Crippen LogP contribution in [0, 0.1) is 13.8 Å². The molecule has 0 saturated carbocycles. The van der Waals surface area contributed by atoms with Crippen LogP contribution in [0.2, 0.25) is 0 Å². The van der Waals surface area contributed by atoms with Gasteiger partial charge in [-0.25, -0.2) is 4.98 Å². The highest BCUT2D eigenvalue weighted by atomic mass is 32.2. The van der Waals surface area contributed by atoms with E-state index in [0.29, 0.717) is 32.3 Å². The Labute approximate surface area is 193 Å². The summed E-state index contributed by atoms with van der Waals surface area (Å²) < 4.78 is 1.57. The van der Waals surface area contributed by atoms with Gasteiger partial charge in [0.15, 0.2) is 10.9 Å². The molecule has 0 bridgehead atoms. The summed E-state index contributed by atoms with van der Waals surface area (Å²) in [6, 6.07) is 16.1. The maximum absolute atomic E-state index is 13.4. The molecule has 1 amide bonds. The molecule has 0 saturated heterocycles. The Morgan fingerprint density at radius 2 is 1.75 bits per heavy atom. The van der Waals surface area contributed by atoms with Crippen LogP contribution < -0.4 is 10.9 Å². The van der Waals surface area contributed by atoms with E-state index < -0.39 is 0 Å². The number of Topliss-reactive ketones (excluding diaryl/α,β-unsaturated/α-hetero) is 1. The largest absolute Gasteiger partial charge is 0.325 e. The number of fused-ring (bicyclic) bond motifs is 1. The number of thioether (sulfide) groups is 1. The summed E-state index contributed by atoms with van der Waals surface area (Å²) in [5.41, 5.74) is 2.71. The smallest absolute Gasteiger partial charge is 0.267 e. The van der Waals surface area contributed by atoms with Crippen LogP contribution in [0.3, 0.4) is 0 Å². The Balaban J connectivity index is 1.63. The van der Waals surface area contributed by atoms with Gasteiger partial charge < -0.3 is 5.32 Å². The zero-order valence-electron chi connectivity index (χ0n) is 17.8. The first kappa shape index (κ1) is 22.0. The van der Waals surface area contributed by atoms with Crippen molar-refractivity contribution in [3.05, 3.63) is 81.0 Å². The standard InChI is InChI=1S/C24H21N3O3S2/c1-14-16(3)32-22-21(14)23(30)27(19-7-5-4-6-8-19)24(26-22)31-13-20(29)25-18-11-9-17(10-12-18)15(2)28/h4-12H,13H2,1-3H3,(H,25,29). The maximum Gasteiger partial charge on any atom is 0.267 e. The van der Waals surface area contributed by atoms with Crippen LogP contribution in [0.25, 0.3) is 15.9 Å². The van der Waals surface area contributed by atoms with E-state index in [-0.39, 0.29) is 23.0 Å². The van der Waals surface area contributed by atoms with Gasteiger partial charge in [0, 0.05) is 16.1 Å². The third kappa shape index (κ3) is 4.37. The molecule has 0 aliphatic rings. The second-order valence-corrected chi connectivity index (χ2v) is 9.45. The van der Waals surface area contributed by atoms with Crippen molar-refractivity contribution in [2.45, 2.75) is 25.9 Å². The number of nitrogens with one attached hydrogen (secondary N) is 1. The van der Waals surface area contributed by atoms with Crippen molar-refractivity contribution in [1.82, 2.24) is 9.55 Å². The van der Waals surface area contributed by atoms with Crippen LogP contribution in [-0.2, 0) is 4.79 Å². The number of thiophene rings is 1. The van der Waals surface area contributed by atoms with Crippen molar-refractivity contribution in [3.63, 3.8) is 0 Å². The average Bonchev–Trinajstić information content (AvgIpc) is 3.07. The van der Waals surface area contributed by atoms with Gasteiger partial charge in [-0.2, -0.15) is 0 Å².